The normalized spacial score (nSPS) is 13.3. The van der Waals surface area contributed by atoms with Gasteiger partial charge in [-0.2, -0.15) is 5.10 Å². The minimum atomic E-state index is -0.840. The largest absolute Gasteiger partial charge is 0.480 e. The molecule has 1 aromatic carbocycles. The Morgan fingerprint density at radius 3 is 2.54 bits per heavy atom. The highest BCUT2D eigenvalue weighted by Crippen LogP contribution is 2.28. The molecule has 0 aliphatic carbocycles. The third kappa shape index (κ3) is 3.97. The number of hydrogen-bond acceptors (Lipinski definition) is 3. The van der Waals surface area contributed by atoms with Gasteiger partial charge in [-0.1, -0.05) is 44.5 Å². The van der Waals surface area contributed by atoms with E-state index in [0.717, 1.165) is 16.9 Å². The lowest BCUT2D eigenvalue weighted by Gasteiger charge is -2.23. The Labute approximate surface area is 147 Å². The SMILES string of the molecule is CC(C(=O)O)N(C)Cc1cn(-c2ccccc2Cl)nc1C(C)(C)C. The summed E-state index contributed by atoms with van der Waals surface area (Å²) in [6, 6.07) is 6.96. The first-order valence-electron chi connectivity index (χ1n) is 7.88. The van der Waals surface area contributed by atoms with E-state index in [1.54, 1.807) is 23.6 Å². The summed E-state index contributed by atoms with van der Waals surface area (Å²) in [5, 5.41) is 14.6. The number of benzene rings is 1. The van der Waals surface area contributed by atoms with Crippen LogP contribution in [0.3, 0.4) is 0 Å². The van der Waals surface area contributed by atoms with Crippen molar-refractivity contribution in [2.24, 2.45) is 0 Å². The van der Waals surface area contributed by atoms with Crippen LogP contribution in [0.5, 0.6) is 0 Å². The molecule has 6 heteroatoms. The molecule has 0 spiro atoms. The molecule has 0 aliphatic rings. The third-order valence-corrected chi connectivity index (χ3v) is 4.36. The van der Waals surface area contributed by atoms with Crippen LogP contribution in [0, 0.1) is 0 Å². The fourth-order valence-corrected chi connectivity index (χ4v) is 2.73. The molecule has 0 saturated heterocycles. The van der Waals surface area contributed by atoms with Crippen LogP contribution in [-0.2, 0) is 16.8 Å². The molecule has 1 heterocycles. The van der Waals surface area contributed by atoms with Gasteiger partial charge < -0.3 is 5.11 Å². The Morgan fingerprint density at radius 2 is 2.00 bits per heavy atom. The zero-order valence-electron chi connectivity index (χ0n) is 14.7. The molecule has 0 saturated carbocycles. The summed E-state index contributed by atoms with van der Waals surface area (Å²) in [6.07, 6.45) is 1.94. The molecule has 1 atom stereocenters. The number of aliphatic carboxylic acids is 1. The number of carboxylic acids is 1. The number of carboxylic acid groups (broad SMARTS) is 1. The molecule has 1 unspecified atom stereocenters. The molecule has 24 heavy (non-hydrogen) atoms. The maximum Gasteiger partial charge on any atom is 0.320 e. The summed E-state index contributed by atoms with van der Waals surface area (Å²) >= 11 is 6.28. The number of hydrogen-bond donors (Lipinski definition) is 1. The van der Waals surface area contributed by atoms with Gasteiger partial charge in [-0.3, -0.25) is 9.69 Å². The van der Waals surface area contributed by atoms with Gasteiger partial charge in [0.25, 0.3) is 0 Å². The molecule has 1 aromatic heterocycles. The molecule has 5 nitrogen and oxygen atoms in total. The number of aromatic nitrogens is 2. The Hall–Kier alpha value is -1.85. The van der Waals surface area contributed by atoms with Crippen LogP contribution in [0.25, 0.3) is 5.69 Å². The number of likely N-dealkylation sites (N-methyl/N-ethyl adjacent to an activating group) is 1. The summed E-state index contributed by atoms with van der Waals surface area (Å²) in [7, 11) is 1.80. The molecule has 2 rings (SSSR count). The summed E-state index contributed by atoms with van der Waals surface area (Å²) in [6.45, 7) is 8.46. The average molecular weight is 350 g/mol. The van der Waals surface area contributed by atoms with E-state index in [0.29, 0.717) is 11.6 Å². The van der Waals surface area contributed by atoms with Gasteiger partial charge in [-0.15, -0.1) is 0 Å². The minimum absolute atomic E-state index is 0.158. The van der Waals surface area contributed by atoms with Crippen LogP contribution in [0.15, 0.2) is 30.5 Å². The van der Waals surface area contributed by atoms with Crippen molar-refractivity contribution in [2.45, 2.75) is 45.7 Å². The van der Waals surface area contributed by atoms with Gasteiger partial charge in [0.2, 0.25) is 0 Å². The van der Waals surface area contributed by atoms with Crippen molar-refractivity contribution in [1.82, 2.24) is 14.7 Å². The molecule has 2 aromatic rings. The predicted octanol–water partition coefficient (Wildman–Crippen LogP) is 3.73. The van der Waals surface area contributed by atoms with Gasteiger partial charge in [-0.25, -0.2) is 4.68 Å². The summed E-state index contributed by atoms with van der Waals surface area (Å²) < 4.78 is 1.78. The maximum absolute atomic E-state index is 11.2. The van der Waals surface area contributed by atoms with Crippen molar-refractivity contribution in [3.05, 3.63) is 46.7 Å². The van der Waals surface area contributed by atoms with Crippen LogP contribution in [0.1, 0.15) is 39.0 Å². The fourth-order valence-electron chi connectivity index (χ4n) is 2.51. The van der Waals surface area contributed by atoms with E-state index in [9.17, 15) is 9.90 Å². The fraction of sp³-hybridized carbons (Fsp3) is 0.444. The average Bonchev–Trinajstić information content (AvgIpc) is 2.90. The molecular weight excluding hydrogens is 326 g/mol. The number of rotatable bonds is 5. The first-order chi connectivity index (χ1) is 11.1. The number of carbonyl (C=O) groups is 1. The van der Waals surface area contributed by atoms with Crippen LogP contribution in [-0.4, -0.2) is 38.8 Å². The summed E-state index contributed by atoms with van der Waals surface area (Å²) in [4.78, 5) is 13.0. The monoisotopic (exact) mass is 349 g/mol. The van der Waals surface area contributed by atoms with Gasteiger partial charge in [0, 0.05) is 23.7 Å². The smallest absolute Gasteiger partial charge is 0.320 e. The second kappa shape index (κ2) is 6.95. The molecule has 0 amide bonds. The Bertz CT molecular complexity index is 734. The zero-order valence-corrected chi connectivity index (χ0v) is 15.5. The Kier molecular flexibility index (Phi) is 5.35. The molecule has 0 fully saturated rings. The lowest BCUT2D eigenvalue weighted by atomic mass is 9.89. The quantitative estimate of drug-likeness (QED) is 0.893. The predicted molar refractivity (Wildman–Crippen MR) is 95.8 cm³/mol. The van der Waals surface area contributed by atoms with E-state index in [-0.39, 0.29) is 5.41 Å². The summed E-state index contributed by atoms with van der Waals surface area (Å²) in [5.41, 5.74) is 2.59. The van der Waals surface area contributed by atoms with Gasteiger partial charge in [0.15, 0.2) is 0 Å². The van der Waals surface area contributed by atoms with Crippen LogP contribution < -0.4 is 0 Å². The zero-order chi connectivity index (χ0) is 18.1. The second-order valence-electron chi connectivity index (χ2n) is 7.08. The third-order valence-electron chi connectivity index (χ3n) is 4.04. The van der Waals surface area contributed by atoms with Crippen molar-refractivity contribution in [2.75, 3.05) is 7.05 Å². The minimum Gasteiger partial charge on any atom is -0.480 e. The highest BCUT2D eigenvalue weighted by atomic mass is 35.5. The molecule has 0 radical (unpaired) electrons. The highest BCUT2D eigenvalue weighted by molar-refractivity contribution is 6.32. The van der Waals surface area contributed by atoms with Crippen LogP contribution >= 0.6 is 11.6 Å². The topological polar surface area (TPSA) is 58.4 Å². The number of nitrogens with zero attached hydrogens (tertiary/aromatic N) is 3. The van der Waals surface area contributed by atoms with Crippen molar-refractivity contribution < 1.29 is 9.90 Å². The van der Waals surface area contributed by atoms with Crippen molar-refractivity contribution in [3.63, 3.8) is 0 Å². The van der Waals surface area contributed by atoms with E-state index in [1.165, 1.54) is 0 Å². The van der Waals surface area contributed by atoms with Gasteiger partial charge in [0.05, 0.1) is 16.4 Å². The van der Waals surface area contributed by atoms with E-state index in [4.69, 9.17) is 16.7 Å². The first-order valence-corrected chi connectivity index (χ1v) is 8.26. The Morgan fingerprint density at radius 1 is 1.38 bits per heavy atom. The second-order valence-corrected chi connectivity index (χ2v) is 7.49. The van der Waals surface area contributed by atoms with Crippen molar-refractivity contribution in [3.8, 4) is 5.69 Å². The van der Waals surface area contributed by atoms with Crippen molar-refractivity contribution >= 4 is 17.6 Å². The van der Waals surface area contributed by atoms with Gasteiger partial charge >= 0.3 is 5.97 Å². The van der Waals surface area contributed by atoms with Crippen LogP contribution in [0.4, 0.5) is 0 Å². The molecule has 0 bridgehead atoms. The van der Waals surface area contributed by atoms with Gasteiger partial charge in [0.1, 0.15) is 6.04 Å². The molecular formula is C18H24ClN3O2. The van der Waals surface area contributed by atoms with E-state index < -0.39 is 12.0 Å². The highest BCUT2D eigenvalue weighted by Gasteiger charge is 2.26. The lowest BCUT2D eigenvalue weighted by molar-refractivity contribution is -0.142. The summed E-state index contributed by atoms with van der Waals surface area (Å²) in [5.74, 6) is -0.840. The maximum atomic E-state index is 11.2. The Balaban J connectivity index is 2.44. The standard InChI is InChI=1S/C18H24ClN3O2/c1-12(17(23)24)21(5)10-13-11-22(20-16(13)18(2,3)4)15-9-7-6-8-14(15)19/h6-9,11-12H,10H2,1-5H3,(H,23,24). The lowest BCUT2D eigenvalue weighted by Crippen LogP contribution is -2.35. The number of halogens is 1. The molecule has 0 aliphatic heterocycles. The van der Waals surface area contributed by atoms with Crippen LogP contribution in [0.2, 0.25) is 5.02 Å². The van der Waals surface area contributed by atoms with Crippen molar-refractivity contribution in [1.29, 1.82) is 0 Å². The van der Waals surface area contributed by atoms with E-state index in [1.807, 2.05) is 30.5 Å². The first kappa shape index (κ1) is 18.5. The molecule has 130 valence electrons. The van der Waals surface area contributed by atoms with E-state index in [2.05, 4.69) is 20.8 Å². The van der Waals surface area contributed by atoms with E-state index >= 15 is 0 Å². The van der Waals surface area contributed by atoms with Gasteiger partial charge in [-0.05, 0) is 26.1 Å². The number of para-hydroxylation sites is 1. The molecule has 1 N–H and O–H groups in total.